The van der Waals surface area contributed by atoms with Crippen LogP contribution in [0.4, 0.5) is 0 Å². The number of likely N-dealkylation sites (tertiary alicyclic amines) is 1. The number of aromatic nitrogens is 3. The highest BCUT2D eigenvalue weighted by molar-refractivity contribution is 9.09. The molecule has 0 aliphatic carbocycles. The number of β-amino-alcohol motifs (C(OH)–C–C–N with tert-alkyl or cyclic N) is 1. The van der Waals surface area contributed by atoms with Crippen molar-refractivity contribution in [1.29, 1.82) is 0 Å². The predicted molar refractivity (Wildman–Crippen MR) is 191 cm³/mol. The molecule has 3 aromatic rings. The van der Waals surface area contributed by atoms with Crippen molar-refractivity contribution >= 4 is 50.7 Å². The number of esters is 1. The van der Waals surface area contributed by atoms with Gasteiger partial charge in [-0.25, -0.2) is 4.68 Å². The molecule has 8 atom stereocenters. The Kier molecular flexibility index (Phi) is 10.7. The number of amides is 3. The predicted octanol–water partition coefficient (Wildman–Crippen LogP) is 3.24. The molecule has 4 heterocycles. The lowest BCUT2D eigenvalue weighted by Crippen LogP contribution is -2.57. The van der Waals surface area contributed by atoms with Gasteiger partial charge in [-0.15, -0.1) is 18.3 Å². The fourth-order valence-corrected chi connectivity index (χ4v) is 8.82. The number of carbonyl (C=O) groups excluding carboxylic acids is 4. The largest absolute Gasteiger partial charge is 0.455 e. The number of carbonyl (C=O) groups is 4. The van der Waals surface area contributed by atoms with Gasteiger partial charge in [0.15, 0.2) is 0 Å². The number of ether oxygens (including phenoxy) is 2. The van der Waals surface area contributed by atoms with Crippen molar-refractivity contribution in [2.75, 3.05) is 26.7 Å². The molecule has 1 unspecified atom stereocenters. The van der Waals surface area contributed by atoms with Gasteiger partial charge in [-0.05, 0) is 37.5 Å². The van der Waals surface area contributed by atoms with E-state index in [2.05, 4.69) is 39.4 Å². The van der Waals surface area contributed by atoms with Crippen LogP contribution in [0.5, 0.6) is 0 Å². The van der Waals surface area contributed by atoms with Crippen molar-refractivity contribution in [2.24, 2.45) is 11.8 Å². The fraction of sp³-hybridized carbons (Fsp3) is 0.459. The van der Waals surface area contributed by atoms with Gasteiger partial charge in [-0.2, -0.15) is 0 Å². The third-order valence-electron chi connectivity index (χ3n) is 10.4. The molecule has 3 saturated heterocycles. The number of benzene rings is 2. The van der Waals surface area contributed by atoms with E-state index in [9.17, 15) is 24.3 Å². The Morgan fingerprint density at radius 3 is 2.59 bits per heavy atom. The van der Waals surface area contributed by atoms with Crippen LogP contribution >= 0.6 is 15.9 Å². The maximum absolute atomic E-state index is 14.7. The number of aliphatic hydroxyl groups excluding tert-OH is 1. The summed E-state index contributed by atoms with van der Waals surface area (Å²) < 4.78 is 14.5. The molecule has 0 saturated carbocycles. The lowest BCUT2D eigenvalue weighted by atomic mass is 9.70. The Hall–Kier alpha value is -4.40. The molecule has 3 aliphatic heterocycles. The summed E-state index contributed by atoms with van der Waals surface area (Å²) in [6.07, 6.45) is 2.69. The number of halogens is 1. The fourth-order valence-electron chi connectivity index (χ4n) is 7.88. The Bertz CT molecular complexity index is 1800. The molecule has 1 aromatic heterocycles. The van der Waals surface area contributed by atoms with Gasteiger partial charge in [0.2, 0.25) is 17.7 Å². The molecule has 1 spiro atoms. The van der Waals surface area contributed by atoms with Crippen LogP contribution in [0.2, 0.25) is 0 Å². The summed E-state index contributed by atoms with van der Waals surface area (Å²) in [4.78, 5) is 60.6. The SMILES string of the molecule is C=CCCC(=O)N(C)[C@@H](C)[C@@H](OC(=O)[C@@H]1[C@H]2O[C@@]3(CC2Br)[C@H](C(=O)N(CC=C)Cn2nnc4ccccc42)N(CCO)C(=O)[C@@H]13)c1ccccc1. The van der Waals surface area contributed by atoms with Crippen LogP contribution < -0.4 is 0 Å². The number of hydrogen-bond acceptors (Lipinski definition) is 9. The average Bonchev–Trinajstić information content (AvgIpc) is 3.86. The molecule has 3 amide bonds. The van der Waals surface area contributed by atoms with Crippen molar-refractivity contribution in [3.63, 3.8) is 0 Å². The van der Waals surface area contributed by atoms with Crippen LogP contribution in [-0.2, 0) is 35.3 Å². The quantitative estimate of drug-likeness (QED) is 0.140. The van der Waals surface area contributed by atoms with Crippen LogP contribution in [0.15, 0.2) is 79.9 Å². The maximum Gasteiger partial charge on any atom is 0.313 e. The van der Waals surface area contributed by atoms with E-state index in [0.29, 0.717) is 17.5 Å². The Labute approximate surface area is 305 Å². The van der Waals surface area contributed by atoms with E-state index in [4.69, 9.17) is 9.47 Å². The lowest BCUT2D eigenvalue weighted by Gasteiger charge is -2.37. The normalized spacial score (nSPS) is 26.1. The smallest absolute Gasteiger partial charge is 0.313 e. The van der Waals surface area contributed by atoms with Crippen molar-refractivity contribution in [1.82, 2.24) is 29.7 Å². The van der Waals surface area contributed by atoms with E-state index in [1.165, 1.54) is 9.80 Å². The summed E-state index contributed by atoms with van der Waals surface area (Å²) in [5.74, 6) is -3.77. The zero-order valence-electron chi connectivity index (χ0n) is 28.7. The first kappa shape index (κ1) is 36.4. The van der Waals surface area contributed by atoms with E-state index in [1.54, 1.807) is 28.8 Å². The molecule has 3 fully saturated rings. The number of alkyl halides is 1. The third kappa shape index (κ3) is 6.49. The van der Waals surface area contributed by atoms with Crippen LogP contribution in [0.3, 0.4) is 0 Å². The second kappa shape index (κ2) is 15.1. The third-order valence-corrected chi connectivity index (χ3v) is 11.2. The monoisotopic (exact) mass is 762 g/mol. The second-order valence-electron chi connectivity index (χ2n) is 13.3. The van der Waals surface area contributed by atoms with Crippen LogP contribution in [-0.4, -0.2) is 114 Å². The van der Waals surface area contributed by atoms with Gasteiger partial charge in [-0.3, -0.25) is 19.2 Å². The summed E-state index contributed by atoms with van der Waals surface area (Å²) >= 11 is 3.70. The standard InChI is InChI=1S/C37H43BrN6O7/c1-5-7-17-28(46)41(4)23(3)31(24-13-9-8-10-14-24)50-36(49)29-30-34(47)43(19-20-45)33(37(30)21-25(38)32(29)51-37)35(48)42(18-6-2)22-44-27-16-12-11-15-26(27)39-40-44/h5-6,8-16,23,25,29-33,45H,1-2,7,17-22H2,3-4H3/t23-,25?,29-,30+,31+,32-,33-,37+/m0/s1. The van der Waals surface area contributed by atoms with E-state index in [0.717, 1.165) is 5.52 Å². The number of likely N-dealkylation sites (N-methyl/N-ethyl adjacent to an activating group) is 1. The molecule has 1 N–H and O–H groups in total. The molecule has 2 bridgehead atoms. The Balaban J connectivity index is 1.32. The van der Waals surface area contributed by atoms with Gasteiger partial charge < -0.3 is 29.3 Å². The molecule has 0 radical (unpaired) electrons. The molecular weight excluding hydrogens is 720 g/mol. The average molecular weight is 764 g/mol. The van der Waals surface area contributed by atoms with E-state index in [-0.39, 0.29) is 43.3 Å². The number of rotatable bonds is 15. The minimum Gasteiger partial charge on any atom is -0.455 e. The number of para-hydroxylation sites is 1. The first-order valence-corrected chi connectivity index (χ1v) is 18.0. The molecule has 6 rings (SSSR count). The molecule has 2 aromatic carbocycles. The summed E-state index contributed by atoms with van der Waals surface area (Å²) in [5, 5.41) is 18.5. The minimum atomic E-state index is -1.37. The maximum atomic E-state index is 14.7. The van der Waals surface area contributed by atoms with Crippen LogP contribution in [0.1, 0.15) is 37.9 Å². The van der Waals surface area contributed by atoms with Crippen molar-refractivity contribution in [3.05, 3.63) is 85.5 Å². The molecular formula is C37H43BrN6O7. The first-order valence-electron chi connectivity index (χ1n) is 17.1. The van der Waals surface area contributed by atoms with Gasteiger partial charge in [0, 0.05) is 31.4 Å². The number of fused-ring (bicyclic) bond motifs is 2. The highest BCUT2D eigenvalue weighted by Crippen LogP contribution is 2.60. The number of nitrogens with zero attached hydrogens (tertiary/aromatic N) is 6. The molecule has 3 aliphatic rings. The van der Waals surface area contributed by atoms with Crippen LogP contribution in [0.25, 0.3) is 11.0 Å². The summed E-state index contributed by atoms with van der Waals surface area (Å²) in [7, 11) is 1.67. The zero-order chi connectivity index (χ0) is 36.4. The zero-order valence-corrected chi connectivity index (χ0v) is 30.3. The molecule has 51 heavy (non-hydrogen) atoms. The van der Waals surface area contributed by atoms with Crippen molar-refractivity contribution < 1.29 is 33.8 Å². The van der Waals surface area contributed by atoms with Gasteiger partial charge in [0.25, 0.3) is 0 Å². The van der Waals surface area contributed by atoms with E-state index >= 15 is 0 Å². The lowest BCUT2D eigenvalue weighted by molar-refractivity contribution is -0.164. The van der Waals surface area contributed by atoms with E-state index in [1.807, 2.05) is 61.5 Å². The summed E-state index contributed by atoms with van der Waals surface area (Å²) in [5.41, 5.74) is 0.698. The summed E-state index contributed by atoms with van der Waals surface area (Å²) in [6, 6.07) is 14.8. The Morgan fingerprint density at radius 2 is 1.88 bits per heavy atom. The topological polar surface area (TPSA) is 147 Å². The molecule has 270 valence electrons. The highest BCUT2D eigenvalue weighted by Gasteiger charge is 2.77. The van der Waals surface area contributed by atoms with Gasteiger partial charge in [0.1, 0.15) is 29.9 Å². The van der Waals surface area contributed by atoms with Gasteiger partial charge in [-0.1, -0.05) is 75.8 Å². The number of hydrogen-bond donors (Lipinski definition) is 1. The molecule has 13 nitrogen and oxygen atoms in total. The van der Waals surface area contributed by atoms with E-state index < -0.39 is 66.1 Å². The number of aliphatic hydroxyl groups is 1. The van der Waals surface area contributed by atoms with Gasteiger partial charge in [0.05, 0.1) is 36.1 Å². The molecule has 14 heteroatoms. The minimum absolute atomic E-state index is 0.0199. The highest BCUT2D eigenvalue weighted by atomic mass is 79.9. The second-order valence-corrected chi connectivity index (χ2v) is 14.5. The Morgan fingerprint density at radius 1 is 1.16 bits per heavy atom. The first-order chi connectivity index (χ1) is 24.6. The van der Waals surface area contributed by atoms with Crippen molar-refractivity contribution in [3.8, 4) is 0 Å². The van der Waals surface area contributed by atoms with Gasteiger partial charge >= 0.3 is 5.97 Å². The van der Waals surface area contributed by atoms with Crippen LogP contribution in [0, 0.1) is 11.8 Å². The summed E-state index contributed by atoms with van der Waals surface area (Å²) in [6.45, 7) is 8.98. The van der Waals surface area contributed by atoms with Crippen molar-refractivity contribution in [2.45, 2.75) is 67.6 Å². The number of allylic oxidation sites excluding steroid dienone is 1.